The van der Waals surface area contributed by atoms with Crippen molar-refractivity contribution in [3.63, 3.8) is 0 Å². The van der Waals surface area contributed by atoms with Gasteiger partial charge in [-0.2, -0.15) is 0 Å². The van der Waals surface area contributed by atoms with E-state index in [1.807, 2.05) is 27.8 Å². The van der Waals surface area contributed by atoms with E-state index < -0.39 is 0 Å². The van der Waals surface area contributed by atoms with E-state index in [4.69, 9.17) is 11.6 Å². The maximum Gasteiger partial charge on any atom is 0.279 e. The van der Waals surface area contributed by atoms with Crippen molar-refractivity contribution in [3.05, 3.63) is 28.8 Å². The van der Waals surface area contributed by atoms with Gasteiger partial charge in [-0.15, -0.1) is 0 Å². The highest BCUT2D eigenvalue weighted by molar-refractivity contribution is 6.30. The normalized spacial score (nSPS) is 11.9. The summed E-state index contributed by atoms with van der Waals surface area (Å²) >= 11 is 5.89. The van der Waals surface area contributed by atoms with E-state index in [9.17, 15) is 9.59 Å². The molecule has 22 heavy (non-hydrogen) atoms. The summed E-state index contributed by atoms with van der Waals surface area (Å²) in [7, 11) is 1.84. The number of carbonyl (C=O) groups is 2. The minimum Gasteiger partial charge on any atom is -0.338 e. The van der Waals surface area contributed by atoms with Gasteiger partial charge in [-0.25, -0.2) is 0 Å². The van der Waals surface area contributed by atoms with Gasteiger partial charge in [0.1, 0.15) is 0 Å². The van der Waals surface area contributed by atoms with Crippen LogP contribution in [0.5, 0.6) is 0 Å². The van der Waals surface area contributed by atoms with Crippen molar-refractivity contribution in [1.82, 2.24) is 4.90 Å². The first-order chi connectivity index (χ1) is 10.4. The fourth-order valence-electron chi connectivity index (χ4n) is 2.24. The minimum atomic E-state index is -0.115. The summed E-state index contributed by atoms with van der Waals surface area (Å²) in [4.78, 5) is 26.7. The Kier molecular flexibility index (Phi) is 7.35. The topological polar surface area (TPSA) is 53.9 Å². The smallest absolute Gasteiger partial charge is 0.279 e. The lowest BCUT2D eigenvalue weighted by Crippen LogP contribution is -3.11. The number of carbonyl (C=O) groups excluding carboxylic acids is 2. The van der Waals surface area contributed by atoms with Gasteiger partial charge in [-0.05, 0) is 44.5 Å². The third-order valence-corrected chi connectivity index (χ3v) is 3.73. The van der Waals surface area contributed by atoms with Crippen molar-refractivity contribution < 1.29 is 14.5 Å². The monoisotopic (exact) mass is 326 g/mol. The van der Waals surface area contributed by atoms with Gasteiger partial charge in [0.15, 0.2) is 13.1 Å². The van der Waals surface area contributed by atoms with Gasteiger partial charge in [0.2, 0.25) is 0 Å². The molecule has 6 heteroatoms. The van der Waals surface area contributed by atoms with Crippen molar-refractivity contribution >= 4 is 29.1 Å². The van der Waals surface area contributed by atoms with Crippen molar-refractivity contribution in [2.24, 2.45) is 0 Å². The molecule has 1 rings (SSSR count). The maximum atomic E-state index is 12.1. The number of benzene rings is 1. The number of nitrogens with one attached hydrogen (secondary N) is 2. The molecule has 1 unspecified atom stereocenters. The Balaban J connectivity index is 2.52. The second-order valence-corrected chi connectivity index (χ2v) is 5.82. The Hall–Kier alpha value is -1.59. The lowest BCUT2D eigenvalue weighted by molar-refractivity contribution is -0.862. The van der Waals surface area contributed by atoms with E-state index in [0.29, 0.717) is 24.7 Å². The average molecular weight is 327 g/mol. The molecule has 0 aliphatic rings. The van der Waals surface area contributed by atoms with Crippen LogP contribution in [0.4, 0.5) is 5.69 Å². The van der Waals surface area contributed by atoms with Gasteiger partial charge in [-0.3, -0.25) is 9.59 Å². The minimum absolute atomic E-state index is 0.0676. The SMILES string of the molecule is CCN(CC)C(=O)C[NH+](C)CC(=O)Nc1ccc(Cl)cc1C. The number of rotatable bonds is 7. The summed E-state index contributed by atoms with van der Waals surface area (Å²) < 4.78 is 0. The summed E-state index contributed by atoms with van der Waals surface area (Å²) in [6, 6.07) is 5.33. The molecule has 0 saturated carbocycles. The Bertz CT molecular complexity index is 530. The molecule has 1 atom stereocenters. The van der Waals surface area contributed by atoms with E-state index in [1.54, 1.807) is 23.1 Å². The van der Waals surface area contributed by atoms with Crippen LogP contribution in [0.2, 0.25) is 5.02 Å². The molecule has 0 spiro atoms. The zero-order chi connectivity index (χ0) is 16.7. The first-order valence-corrected chi connectivity index (χ1v) is 7.90. The second-order valence-electron chi connectivity index (χ2n) is 5.38. The Morgan fingerprint density at radius 2 is 1.86 bits per heavy atom. The largest absolute Gasteiger partial charge is 0.338 e. The molecular formula is C16H25ClN3O2+. The van der Waals surface area contributed by atoms with Gasteiger partial charge in [-0.1, -0.05) is 11.6 Å². The lowest BCUT2D eigenvalue weighted by atomic mass is 10.2. The molecule has 0 heterocycles. The van der Waals surface area contributed by atoms with Crippen molar-refractivity contribution in [1.29, 1.82) is 0 Å². The van der Waals surface area contributed by atoms with Crippen molar-refractivity contribution in [3.8, 4) is 0 Å². The van der Waals surface area contributed by atoms with Crippen LogP contribution in [-0.2, 0) is 9.59 Å². The van der Waals surface area contributed by atoms with Crippen LogP contribution in [0, 0.1) is 6.92 Å². The zero-order valence-corrected chi connectivity index (χ0v) is 14.5. The fourth-order valence-corrected chi connectivity index (χ4v) is 2.47. The molecule has 1 aromatic rings. The molecule has 0 bridgehead atoms. The van der Waals surface area contributed by atoms with Crippen LogP contribution in [0.3, 0.4) is 0 Å². The number of aryl methyl sites for hydroxylation is 1. The molecular weight excluding hydrogens is 302 g/mol. The standard InChI is InChI=1S/C16H24ClN3O2/c1-5-20(6-2)16(22)11-19(4)10-15(21)18-14-8-7-13(17)9-12(14)3/h7-9H,5-6,10-11H2,1-4H3,(H,18,21)/p+1. The van der Waals surface area contributed by atoms with Gasteiger partial charge < -0.3 is 15.1 Å². The van der Waals surface area contributed by atoms with Crippen LogP contribution in [0.15, 0.2) is 18.2 Å². The molecule has 0 radical (unpaired) electrons. The number of quaternary nitrogens is 1. The Labute approximate surface area is 137 Å². The molecule has 1 aromatic carbocycles. The third kappa shape index (κ3) is 5.66. The highest BCUT2D eigenvalue weighted by Crippen LogP contribution is 2.19. The van der Waals surface area contributed by atoms with Crippen LogP contribution in [0.1, 0.15) is 19.4 Å². The predicted octanol–water partition coefficient (Wildman–Crippen LogP) is 0.970. The Morgan fingerprint density at radius 3 is 2.41 bits per heavy atom. The first kappa shape index (κ1) is 18.5. The highest BCUT2D eigenvalue weighted by Gasteiger charge is 2.18. The van der Waals surface area contributed by atoms with Crippen LogP contribution >= 0.6 is 11.6 Å². The summed E-state index contributed by atoms with van der Waals surface area (Å²) in [6.45, 7) is 7.74. The first-order valence-electron chi connectivity index (χ1n) is 7.52. The summed E-state index contributed by atoms with van der Waals surface area (Å²) in [6.07, 6.45) is 0. The van der Waals surface area contributed by atoms with E-state index in [0.717, 1.165) is 16.2 Å². The average Bonchev–Trinajstić information content (AvgIpc) is 2.43. The fraction of sp³-hybridized carbons (Fsp3) is 0.500. The van der Waals surface area contributed by atoms with E-state index in [1.165, 1.54) is 0 Å². The zero-order valence-electron chi connectivity index (χ0n) is 13.7. The number of hydrogen-bond acceptors (Lipinski definition) is 2. The lowest BCUT2D eigenvalue weighted by Gasteiger charge is -2.21. The number of nitrogens with zero attached hydrogens (tertiary/aromatic N) is 1. The number of amides is 2. The van der Waals surface area contributed by atoms with E-state index >= 15 is 0 Å². The Morgan fingerprint density at radius 1 is 1.23 bits per heavy atom. The number of anilines is 1. The number of likely N-dealkylation sites (N-methyl/N-ethyl adjacent to an activating group) is 2. The molecule has 2 N–H and O–H groups in total. The molecule has 122 valence electrons. The second kappa shape index (κ2) is 8.76. The van der Waals surface area contributed by atoms with Crippen LogP contribution in [-0.4, -0.2) is 49.9 Å². The molecule has 2 amide bonds. The summed E-state index contributed by atoms with van der Waals surface area (Å²) in [5, 5.41) is 3.50. The predicted molar refractivity (Wildman–Crippen MR) is 89.4 cm³/mol. The molecule has 0 fully saturated rings. The molecule has 0 aliphatic carbocycles. The quantitative estimate of drug-likeness (QED) is 0.784. The molecule has 0 aliphatic heterocycles. The maximum absolute atomic E-state index is 12.1. The van der Waals surface area contributed by atoms with E-state index in [2.05, 4.69) is 5.32 Å². The van der Waals surface area contributed by atoms with Crippen LogP contribution < -0.4 is 10.2 Å². The third-order valence-electron chi connectivity index (χ3n) is 3.49. The van der Waals surface area contributed by atoms with Crippen molar-refractivity contribution in [2.75, 3.05) is 38.5 Å². The van der Waals surface area contributed by atoms with Gasteiger partial charge in [0.25, 0.3) is 11.8 Å². The molecule has 0 aromatic heterocycles. The number of halogens is 1. The highest BCUT2D eigenvalue weighted by atomic mass is 35.5. The summed E-state index contributed by atoms with van der Waals surface area (Å²) in [5.41, 5.74) is 1.66. The van der Waals surface area contributed by atoms with E-state index in [-0.39, 0.29) is 18.4 Å². The molecule has 5 nitrogen and oxygen atoms in total. The van der Waals surface area contributed by atoms with Crippen LogP contribution in [0.25, 0.3) is 0 Å². The summed E-state index contributed by atoms with van der Waals surface area (Å²) in [5.74, 6) is -0.0479. The molecule has 0 saturated heterocycles. The van der Waals surface area contributed by atoms with Gasteiger partial charge in [0, 0.05) is 23.8 Å². The van der Waals surface area contributed by atoms with Gasteiger partial charge >= 0.3 is 0 Å². The van der Waals surface area contributed by atoms with Crippen molar-refractivity contribution in [2.45, 2.75) is 20.8 Å². The van der Waals surface area contributed by atoms with Gasteiger partial charge in [0.05, 0.1) is 7.05 Å². The number of hydrogen-bond donors (Lipinski definition) is 2.